The summed E-state index contributed by atoms with van der Waals surface area (Å²) in [5, 5.41) is 12.4. The van der Waals surface area contributed by atoms with Gasteiger partial charge >= 0.3 is 12.1 Å². The van der Waals surface area contributed by atoms with Crippen LogP contribution in [-0.4, -0.2) is 137 Å². The van der Waals surface area contributed by atoms with Crippen LogP contribution < -0.4 is 24.8 Å². The maximum absolute atomic E-state index is 15.4. The number of hydrogen-bond acceptors (Lipinski definition) is 14. The van der Waals surface area contributed by atoms with Gasteiger partial charge in [0.2, 0.25) is 0 Å². The molecule has 20 heteroatoms. The number of halogens is 1. The van der Waals surface area contributed by atoms with Gasteiger partial charge in [-0.3, -0.25) is 4.57 Å². The van der Waals surface area contributed by atoms with Crippen LogP contribution in [0, 0.1) is 24.6 Å². The minimum Gasteiger partial charge on any atom is -0.491 e. The van der Waals surface area contributed by atoms with Crippen molar-refractivity contribution in [3.63, 3.8) is 0 Å². The van der Waals surface area contributed by atoms with Crippen LogP contribution in [0.3, 0.4) is 0 Å². The third-order valence-electron chi connectivity index (χ3n) is 13.9. The fraction of sp³-hybridized carbons (Fsp3) is 0.446. The Hall–Kier alpha value is -6.58. The number of amides is 1. The van der Waals surface area contributed by atoms with E-state index in [0.717, 1.165) is 33.2 Å². The van der Waals surface area contributed by atoms with E-state index in [4.69, 9.17) is 43.5 Å². The highest BCUT2D eigenvalue weighted by Crippen LogP contribution is 2.39. The molecule has 85 heavy (non-hydrogen) atoms. The first-order valence-corrected chi connectivity index (χ1v) is 36.2. The van der Waals surface area contributed by atoms with Crippen LogP contribution in [-0.2, 0) is 31.8 Å². The zero-order chi connectivity index (χ0) is 61.7. The van der Waals surface area contributed by atoms with Crippen molar-refractivity contribution in [1.82, 2.24) is 24.6 Å². The van der Waals surface area contributed by atoms with Crippen LogP contribution >= 0.6 is 22.7 Å². The number of nitrogens with zero attached hydrogens (tertiary/aromatic N) is 8. The molecule has 1 atom stereocenters. The zero-order valence-electron chi connectivity index (χ0n) is 52.4. The lowest BCUT2D eigenvalue weighted by Crippen LogP contribution is -2.68. The lowest BCUT2D eigenvalue weighted by Gasteiger charge is -2.46. The molecule has 4 aromatic carbocycles. The fourth-order valence-electron chi connectivity index (χ4n) is 9.74. The Morgan fingerprint density at radius 2 is 1.53 bits per heavy atom. The molecule has 3 aromatic heterocycles. The van der Waals surface area contributed by atoms with Crippen molar-refractivity contribution in [2.24, 2.45) is 4.99 Å². The number of carbonyl (C=O) groups is 2. The molecule has 0 bridgehead atoms. The Labute approximate surface area is 512 Å². The van der Waals surface area contributed by atoms with E-state index in [1.54, 1.807) is 45.2 Å². The standard InChI is InChI=1S/C65H86FN8O7S2Si2/c1-47-43-57(69-70-59(47)68-62-73(46-78-41-42-84(13,14)15)53-33-22-23-34-55(53)82-62)72(39-25-28-49(45-74(9,10)11)81-85(65(5,6)7,50-29-18-16-19-30-50)51-31-20-17-21-32-51)61-67-58(60(75)77-12)56(83-61)35-26-40-79-54-37-36-48(44-52(54)66)27-24-38-71(8)63(76)80-64(2,3)4/h16-23,29-34,36-37,43-44,49H,25-26,28,35,38-42,45-46H2,1-15H3/q+1/b68-62-. The van der Waals surface area contributed by atoms with Gasteiger partial charge in [0.25, 0.3) is 8.32 Å². The van der Waals surface area contributed by atoms with Crippen LogP contribution in [0.1, 0.15) is 87.3 Å². The normalized spacial score (nSPS) is 12.9. The number of para-hydroxylation sites is 1. The topological polar surface area (TPSA) is 143 Å². The average Bonchev–Trinajstić information content (AvgIpc) is 2.52. The second-order valence-corrected chi connectivity index (χ2v) is 37.6. The number of fused-ring (bicyclic) bond motifs is 1. The maximum atomic E-state index is 15.4. The number of esters is 1. The molecule has 1 unspecified atom stereocenters. The summed E-state index contributed by atoms with van der Waals surface area (Å²) >= 11 is 2.96. The Morgan fingerprint density at radius 3 is 2.14 bits per heavy atom. The number of rotatable bonds is 25. The molecule has 7 rings (SSSR count). The van der Waals surface area contributed by atoms with E-state index >= 15 is 4.39 Å². The summed E-state index contributed by atoms with van der Waals surface area (Å²) in [4.78, 5) is 41.0. The van der Waals surface area contributed by atoms with E-state index in [-0.39, 0.29) is 35.7 Å². The minimum absolute atomic E-state index is 0.0698. The van der Waals surface area contributed by atoms with Crippen LogP contribution in [0.25, 0.3) is 10.2 Å². The molecule has 15 nitrogen and oxygen atoms in total. The van der Waals surface area contributed by atoms with Gasteiger partial charge in [-0.25, -0.2) is 19.0 Å². The Balaban J connectivity index is 1.19. The summed E-state index contributed by atoms with van der Waals surface area (Å²) in [6.07, 6.45) is 1.56. The quantitative estimate of drug-likeness (QED) is 0.0177. The lowest BCUT2D eigenvalue weighted by atomic mass is 10.1. The maximum Gasteiger partial charge on any atom is 0.410 e. The van der Waals surface area contributed by atoms with E-state index in [0.29, 0.717) is 77.3 Å². The highest BCUT2D eigenvalue weighted by molar-refractivity contribution is 7.16. The third-order valence-corrected chi connectivity index (χ3v) is 22.9. The predicted molar refractivity (Wildman–Crippen MR) is 347 cm³/mol. The van der Waals surface area contributed by atoms with Gasteiger partial charge in [-0.05, 0) is 117 Å². The van der Waals surface area contributed by atoms with E-state index < -0.39 is 39.9 Å². The monoisotopic (exact) mass is 1230 g/mol. The third kappa shape index (κ3) is 18.2. The number of methoxy groups -OCH3 is 1. The molecule has 7 aromatic rings. The molecule has 0 fully saturated rings. The molecular formula is C65H86FN8O7S2Si2+. The van der Waals surface area contributed by atoms with Crippen molar-refractivity contribution in [3.8, 4) is 17.6 Å². The fourth-order valence-corrected chi connectivity index (χ4v) is 17.4. The van der Waals surface area contributed by atoms with E-state index in [1.807, 2.05) is 30.0 Å². The predicted octanol–water partition coefficient (Wildman–Crippen LogP) is 12.5. The molecular weight excluding hydrogens is 1140 g/mol. The Kier molecular flexibility index (Phi) is 22.3. The van der Waals surface area contributed by atoms with Gasteiger partial charge in [-0.1, -0.05) is 136 Å². The largest absolute Gasteiger partial charge is 0.491 e. The van der Waals surface area contributed by atoms with Gasteiger partial charge < -0.3 is 37.7 Å². The number of benzene rings is 4. The zero-order valence-corrected chi connectivity index (χ0v) is 56.0. The van der Waals surface area contributed by atoms with Crippen LogP contribution in [0.15, 0.2) is 114 Å². The van der Waals surface area contributed by atoms with Crippen molar-refractivity contribution in [2.45, 2.75) is 123 Å². The number of likely N-dealkylation sites (N-methyl/N-ethyl adjacent to an activating group) is 1. The van der Waals surface area contributed by atoms with E-state index in [2.05, 4.69) is 151 Å². The molecule has 3 heterocycles. The molecule has 0 saturated heterocycles. The molecule has 0 spiro atoms. The molecule has 0 saturated carbocycles. The van der Waals surface area contributed by atoms with Crippen molar-refractivity contribution >= 4 is 88.5 Å². The Bertz CT molecular complexity index is 3460. The summed E-state index contributed by atoms with van der Waals surface area (Å²) in [6, 6.07) is 37.3. The van der Waals surface area contributed by atoms with Gasteiger partial charge in [-0.2, -0.15) is 4.99 Å². The van der Waals surface area contributed by atoms with Crippen molar-refractivity contribution in [1.29, 1.82) is 0 Å². The summed E-state index contributed by atoms with van der Waals surface area (Å²) in [5.41, 5.74) is 1.83. The summed E-state index contributed by atoms with van der Waals surface area (Å²) in [6.45, 7) is 23.8. The number of hydrogen-bond donors (Lipinski definition) is 0. The van der Waals surface area contributed by atoms with Crippen LogP contribution in [0.4, 0.5) is 26.0 Å². The molecule has 454 valence electrons. The summed E-state index contributed by atoms with van der Waals surface area (Å²) in [7, 11) is 5.30. The van der Waals surface area contributed by atoms with Gasteiger partial charge in [-0.15, -0.1) is 21.5 Å². The first-order chi connectivity index (χ1) is 40.1. The van der Waals surface area contributed by atoms with Crippen molar-refractivity contribution in [2.75, 3.05) is 73.0 Å². The molecule has 0 aliphatic carbocycles. The van der Waals surface area contributed by atoms with Gasteiger partial charge in [0.15, 0.2) is 38.8 Å². The molecule has 0 aliphatic rings. The van der Waals surface area contributed by atoms with Crippen molar-refractivity contribution < 1.29 is 41.8 Å². The van der Waals surface area contributed by atoms with E-state index in [9.17, 15) is 9.59 Å². The first kappa shape index (κ1) is 66.0. The number of ether oxygens (including phenoxy) is 4. The number of aryl methyl sites for hydroxylation is 2. The summed E-state index contributed by atoms with van der Waals surface area (Å²) in [5.74, 6) is 5.77. The summed E-state index contributed by atoms with van der Waals surface area (Å²) < 4.78 is 50.1. The second kappa shape index (κ2) is 28.7. The first-order valence-electron chi connectivity index (χ1n) is 29.0. The van der Waals surface area contributed by atoms with Gasteiger partial charge in [0.1, 0.15) is 18.9 Å². The van der Waals surface area contributed by atoms with Crippen LogP contribution in [0.5, 0.6) is 5.75 Å². The van der Waals surface area contributed by atoms with Crippen molar-refractivity contribution in [3.05, 3.63) is 142 Å². The number of quaternary nitrogens is 1. The highest BCUT2D eigenvalue weighted by Gasteiger charge is 2.52. The van der Waals surface area contributed by atoms with Crippen LogP contribution in [0.2, 0.25) is 30.7 Å². The smallest absolute Gasteiger partial charge is 0.410 e. The number of aromatic nitrogens is 4. The average molecular weight is 1230 g/mol. The van der Waals surface area contributed by atoms with Gasteiger partial charge in [0, 0.05) is 38.7 Å². The minimum atomic E-state index is -2.95. The molecule has 0 aliphatic heterocycles. The Morgan fingerprint density at radius 1 is 0.859 bits per heavy atom. The SMILES string of the molecule is COC(=O)c1nc(N(CCCC(C[N+](C)(C)C)O[Si](c2ccccc2)(c2ccccc2)C(C)(C)C)c2cc(C)c(/N=c3\sc4ccccc4n3COCC[Si](C)(C)C)nn2)sc1CCCOc1ccc(C#CCN(C)C(=O)OC(C)(C)C)cc1F. The lowest BCUT2D eigenvalue weighted by molar-refractivity contribution is -0.873. The van der Waals surface area contributed by atoms with Gasteiger partial charge in [0.05, 0.1) is 57.7 Å². The van der Waals surface area contributed by atoms with E-state index in [1.165, 1.54) is 45.9 Å². The second-order valence-electron chi connectivity index (χ2n) is 25.6. The number of carbonyl (C=O) groups excluding carboxylic acids is 2. The number of anilines is 2. The molecule has 0 radical (unpaired) electrons. The number of thiazole rings is 2. The highest BCUT2D eigenvalue weighted by atomic mass is 32.1. The molecule has 0 N–H and O–H groups in total. The molecule has 1 amide bonds.